The maximum atomic E-state index is 12.6. The number of ether oxygens (including phenoxy) is 2. The maximum absolute atomic E-state index is 12.6. The number of aryl methyl sites for hydroxylation is 1. The van der Waals surface area contributed by atoms with Crippen molar-refractivity contribution in [3.05, 3.63) is 305 Å². The molecule has 7 aromatic carbocycles. The third kappa shape index (κ3) is 77.3. The number of terminal acetylenes is 1. The first kappa shape index (κ1) is 129. The van der Waals surface area contributed by atoms with Gasteiger partial charge in [0.25, 0.3) is 0 Å². The van der Waals surface area contributed by atoms with E-state index in [1.54, 1.807) is 30.6 Å². The molecule has 0 spiro atoms. The van der Waals surface area contributed by atoms with E-state index in [9.17, 15) is 8.78 Å². The Bertz CT molecular complexity index is 4700. The van der Waals surface area contributed by atoms with Crippen molar-refractivity contribution in [2.45, 2.75) is 385 Å². The molecule has 0 aliphatic heterocycles. The smallest absolute Gasteiger partial charge is 0.394 e. The summed E-state index contributed by atoms with van der Waals surface area (Å²) in [7, 11) is 1.69. The summed E-state index contributed by atoms with van der Waals surface area (Å²) < 4.78 is 34.7. The Morgan fingerprint density at radius 2 is 0.775 bits per heavy atom. The van der Waals surface area contributed by atoms with Crippen LogP contribution in [0.3, 0.4) is 0 Å². The minimum atomic E-state index is -3.12. The van der Waals surface area contributed by atoms with E-state index >= 15 is 0 Å². The number of rotatable bonds is 15. The fourth-order valence-corrected chi connectivity index (χ4v) is 17.7. The lowest BCUT2D eigenvalue weighted by Crippen LogP contribution is -2.30. The summed E-state index contributed by atoms with van der Waals surface area (Å²) in [5, 5.41) is 7.12. The summed E-state index contributed by atoms with van der Waals surface area (Å²) in [6.07, 6.45) is 27.0. The van der Waals surface area contributed by atoms with Gasteiger partial charge in [0.2, 0.25) is 0 Å². The molecule has 0 amide bonds. The van der Waals surface area contributed by atoms with Gasteiger partial charge in [0.15, 0.2) is 0 Å². The standard InChI is InChI=1S/C13H18F2O.C13H16.C12H18O.C12H18.2C11H15Cl.C11H16.C10H15N.C10H20.C9H14S.C8H13NS.C8H16/c1-12(2,3)9-10-5-7-11(8-6-10)16-13(4,14)15;1-5-11-6-8-12(9-7-11)10-13(2,3)4;1-12(2,3)9-10-5-7-11(13-4)8-6-10;1-10-5-7-11(8-6-10)9-12(2,3)4;1-11(2,3)8-9-5-4-6-10(12)7-9;1-11(2,3)8-9-6-4-5-7-10(9)12;1-11(2,3)9-10-7-5-4-6-8-10;1-10(2,3)8-9-6-4-5-7-11-9;1-9(2,3)8-10(4)6-5-7-10;1-9(2,3)7-8-5-4-6-10-8;1-8(2,3)6-7-9-4-5-10-7;1-8(2,3)6-7-4-5-7/h5-8H,9H2,1-4H3;1,6-9H,10H2,2-4H3;5-8H,9H2,1-4H3;5-8H,9H2,1-4H3;2*4-7H,8H2,1-3H3;4-8H,9H2,1-3H3;4-7H,8H2,1-3H3;5-8H2,1-4H3;4-6H,7H2,1-3H3;4-5H,6H2,1-3H3;7H,4-6H2,1-3H3. The van der Waals surface area contributed by atoms with Crippen LogP contribution in [0.1, 0.15) is 374 Å². The van der Waals surface area contributed by atoms with Crippen LogP contribution in [0.4, 0.5) is 8.78 Å². The van der Waals surface area contributed by atoms with Crippen molar-refractivity contribution in [1.29, 1.82) is 0 Å². The summed E-state index contributed by atoms with van der Waals surface area (Å²) in [5.41, 5.74) is 18.1. The Hall–Kier alpha value is -7.38. The predicted molar refractivity (Wildman–Crippen MR) is 611 cm³/mol. The summed E-state index contributed by atoms with van der Waals surface area (Å²) in [4.78, 5) is 9.98. The molecule has 0 saturated heterocycles. The number of nitrogens with zero attached hydrogens (tertiary/aromatic N) is 2. The van der Waals surface area contributed by atoms with Gasteiger partial charge in [-0.2, -0.15) is 8.78 Å². The molecule has 0 unspecified atom stereocenters. The molecule has 2 fully saturated rings. The normalized spacial score (nSPS) is 13.2. The fraction of sp³-hybridized carbons (Fsp3) is 0.562. The number of methoxy groups -OCH3 is 1. The van der Waals surface area contributed by atoms with E-state index < -0.39 is 6.11 Å². The number of hydrogen-bond acceptors (Lipinski definition) is 6. The highest BCUT2D eigenvalue weighted by Gasteiger charge is 2.35. The largest absolute Gasteiger partial charge is 0.497 e. The van der Waals surface area contributed by atoms with Crippen molar-refractivity contribution >= 4 is 45.9 Å². The first-order chi connectivity index (χ1) is 62.9. The number of halogens is 4. The molecule has 2 saturated carbocycles. The third-order valence-electron chi connectivity index (χ3n) is 20.4. The van der Waals surface area contributed by atoms with E-state index in [1.165, 1.54) is 106 Å². The highest BCUT2D eigenvalue weighted by Crippen LogP contribution is 2.48. The highest BCUT2D eigenvalue weighted by molar-refractivity contribution is 7.10. The van der Waals surface area contributed by atoms with E-state index in [4.69, 9.17) is 34.4 Å². The van der Waals surface area contributed by atoms with Crippen molar-refractivity contribution in [1.82, 2.24) is 9.97 Å². The molecule has 0 N–H and O–H groups in total. The molecule has 0 bridgehead atoms. The average Bonchev–Trinajstić information content (AvgIpc) is 0.874. The van der Waals surface area contributed by atoms with Crippen LogP contribution in [0.2, 0.25) is 10.0 Å². The van der Waals surface area contributed by atoms with Crippen LogP contribution in [-0.2, 0) is 64.2 Å². The van der Waals surface area contributed by atoms with Gasteiger partial charge in [0.1, 0.15) is 11.5 Å². The minimum absolute atomic E-state index is 0.192. The molecule has 138 heavy (non-hydrogen) atoms. The zero-order valence-corrected chi connectivity index (χ0v) is 97.8. The van der Waals surface area contributed by atoms with Crippen LogP contribution < -0.4 is 9.47 Å². The van der Waals surface area contributed by atoms with Crippen LogP contribution in [-0.4, -0.2) is 23.2 Å². The quantitative estimate of drug-likeness (QED) is 0.0960. The van der Waals surface area contributed by atoms with Gasteiger partial charge in [-0.25, -0.2) is 4.98 Å². The lowest BCUT2D eigenvalue weighted by molar-refractivity contribution is -0.159. The number of thiazole rings is 1. The second-order valence-electron chi connectivity index (χ2n) is 53.2. The van der Waals surface area contributed by atoms with Gasteiger partial charge >= 0.3 is 6.11 Å². The summed E-state index contributed by atoms with van der Waals surface area (Å²) in [6, 6.07) is 69.3. The number of pyridine rings is 1. The van der Waals surface area contributed by atoms with Crippen molar-refractivity contribution < 1.29 is 18.3 Å². The first-order valence-electron chi connectivity index (χ1n) is 50.6. The van der Waals surface area contributed by atoms with Crippen LogP contribution in [0.15, 0.2) is 229 Å². The summed E-state index contributed by atoms with van der Waals surface area (Å²) in [6.45, 7) is 86.3. The van der Waals surface area contributed by atoms with Crippen LogP contribution in [0, 0.1) is 95.6 Å². The third-order valence-corrected chi connectivity index (χ3v) is 22.7. The first-order valence-corrected chi connectivity index (χ1v) is 53.2. The second kappa shape index (κ2) is 59.6. The predicted octanol–water partition coefficient (Wildman–Crippen LogP) is 40.7. The Morgan fingerprint density at radius 1 is 0.377 bits per heavy atom. The van der Waals surface area contributed by atoms with Crippen LogP contribution in [0.5, 0.6) is 11.5 Å². The van der Waals surface area contributed by atoms with Gasteiger partial charge < -0.3 is 9.47 Å². The van der Waals surface area contributed by atoms with E-state index in [1.807, 2.05) is 114 Å². The molecule has 0 radical (unpaired) electrons. The van der Waals surface area contributed by atoms with Gasteiger partial charge in [-0.15, -0.1) is 29.1 Å². The molecule has 2 aliphatic carbocycles. The molecule has 3 heterocycles. The van der Waals surface area contributed by atoms with E-state index in [0.717, 1.165) is 97.6 Å². The van der Waals surface area contributed by atoms with Crippen molar-refractivity contribution in [2.75, 3.05) is 7.11 Å². The monoisotopic (exact) mass is 1960 g/mol. The summed E-state index contributed by atoms with van der Waals surface area (Å²) in [5.74, 6) is 4.84. The number of hydrogen-bond donors (Lipinski definition) is 0. The van der Waals surface area contributed by atoms with Gasteiger partial charge in [-0.1, -0.05) is 444 Å². The molecule has 10 aromatic rings. The van der Waals surface area contributed by atoms with Gasteiger partial charge in [0.05, 0.1) is 12.1 Å². The Labute approximate surface area is 865 Å². The minimum Gasteiger partial charge on any atom is -0.497 e. The Kier molecular flexibility index (Phi) is 55.6. The molecule has 10 heteroatoms. The van der Waals surface area contributed by atoms with E-state index in [0.29, 0.717) is 65.0 Å². The Morgan fingerprint density at radius 3 is 1.10 bits per heavy atom. The highest BCUT2D eigenvalue weighted by atomic mass is 35.5. The van der Waals surface area contributed by atoms with Gasteiger partial charge in [-0.05, 0) is 284 Å². The lowest BCUT2D eigenvalue weighted by atomic mass is 9.63. The summed E-state index contributed by atoms with van der Waals surface area (Å²) >= 11 is 15.5. The molecule has 3 aromatic heterocycles. The molecular weight excluding hydrogens is 1770 g/mol. The zero-order valence-electron chi connectivity index (χ0n) is 94.7. The lowest BCUT2D eigenvalue weighted by Gasteiger charge is -2.42. The Balaban J connectivity index is 0.000000755. The molecule has 2 aliphatic rings. The number of thiophene rings is 1. The molecule has 12 rings (SSSR count). The van der Waals surface area contributed by atoms with Crippen molar-refractivity contribution in [3.63, 3.8) is 0 Å². The SMILES string of the molecule is C#Cc1ccc(CC(C)(C)C)cc1.CC(C)(C)CC1(C)CCC1.CC(C)(C)CC1CC1.CC(C)(C)Cc1ccc(OC(C)(F)F)cc1.CC(C)(C)Cc1cccc(Cl)c1.CC(C)(C)Cc1ccccc1.CC(C)(C)Cc1ccccc1Cl.CC(C)(C)Cc1ccccn1.CC(C)(C)Cc1cccs1.CC(C)(C)Cc1nccs1.COc1ccc(CC(C)(C)C)cc1.Cc1ccc(CC(C)(C)C)cc1. The van der Waals surface area contributed by atoms with Gasteiger partial charge in [0, 0.05) is 57.3 Å². The topological polar surface area (TPSA) is 44.2 Å². The van der Waals surface area contributed by atoms with Crippen molar-refractivity contribution in [3.8, 4) is 23.8 Å². The van der Waals surface area contributed by atoms with Crippen LogP contribution in [0.25, 0.3) is 0 Å². The fourth-order valence-electron chi connectivity index (χ4n) is 15.4. The van der Waals surface area contributed by atoms with Crippen LogP contribution >= 0.6 is 45.9 Å². The number of aromatic nitrogens is 2. The molecule has 768 valence electrons. The molecule has 0 atom stereocenters. The number of alkyl halides is 2. The maximum Gasteiger partial charge on any atom is 0.394 e. The zero-order chi connectivity index (χ0) is 106. The molecule has 4 nitrogen and oxygen atoms in total. The second-order valence-corrected chi connectivity index (χ2v) is 56.1. The van der Waals surface area contributed by atoms with E-state index in [2.05, 4.69) is 398 Å². The number of benzene rings is 7. The van der Waals surface area contributed by atoms with E-state index in [-0.39, 0.29) is 11.2 Å². The average molecular weight is 1970 g/mol. The molecular formula is C128H194Cl2F2N2O2S2. The van der Waals surface area contributed by atoms with Gasteiger partial charge in [-0.3, -0.25) is 4.98 Å². The van der Waals surface area contributed by atoms with Crippen molar-refractivity contribution in [2.24, 2.45) is 76.3 Å².